The predicted molar refractivity (Wildman–Crippen MR) is 133 cm³/mol. The lowest BCUT2D eigenvalue weighted by molar-refractivity contribution is -0.120. The Kier molecular flexibility index (Phi) is 7.52. The van der Waals surface area contributed by atoms with Crippen LogP contribution in [-0.2, 0) is 4.79 Å². The normalized spacial score (nSPS) is 21.5. The fourth-order valence-electron chi connectivity index (χ4n) is 4.20. The summed E-state index contributed by atoms with van der Waals surface area (Å²) in [5.74, 6) is 2.30. The Morgan fingerprint density at radius 2 is 1.74 bits per heavy atom. The smallest absolute Gasteiger partial charge is 0.225 e. The lowest BCUT2D eigenvalue weighted by atomic mass is 9.83. The Morgan fingerprint density at radius 1 is 1.03 bits per heavy atom. The summed E-state index contributed by atoms with van der Waals surface area (Å²) in [4.78, 5) is 18.8. The largest absolute Gasteiger partial charge is 0.356 e. The second-order valence-corrected chi connectivity index (χ2v) is 10.1. The first-order chi connectivity index (χ1) is 15.1. The molecule has 1 amide bonds. The molecule has 1 aliphatic carbocycles. The minimum absolute atomic E-state index is 0.0888. The van der Waals surface area contributed by atoms with Gasteiger partial charge in [0.2, 0.25) is 5.91 Å². The van der Waals surface area contributed by atoms with Crippen LogP contribution >= 0.6 is 23.4 Å². The third-order valence-electron chi connectivity index (χ3n) is 6.16. The summed E-state index contributed by atoms with van der Waals surface area (Å²) in [6.07, 6.45) is 5.37. The monoisotopic (exact) mass is 452 g/mol. The van der Waals surface area contributed by atoms with E-state index in [9.17, 15) is 4.79 Å². The summed E-state index contributed by atoms with van der Waals surface area (Å²) in [7, 11) is 0. The Morgan fingerprint density at radius 3 is 2.45 bits per heavy atom. The van der Waals surface area contributed by atoms with Gasteiger partial charge in [0.05, 0.1) is 17.8 Å². The third-order valence-corrected chi connectivity index (χ3v) is 7.52. The first-order valence-electron chi connectivity index (χ1n) is 11.1. The Hall–Kier alpha value is -2.04. The average molecular weight is 453 g/mol. The van der Waals surface area contributed by atoms with Gasteiger partial charge in [0.1, 0.15) is 0 Å². The maximum absolute atomic E-state index is 12.8. The Labute approximate surface area is 194 Å². The number of hydrogen-bond donors (Lipinski definition) is 1. The molecule has 4 rings (SSSR count). The fourth-order valence-corrected chi connectivity index (χ4v) is 5.40. The van der Waals surface area contributed by atoms with E-state index >= 15 is 0 Å². The number of carbonyl (C=O) groups is 1. The van der Waals surface area contributed by atoms with Crippen molar-refractivity contribution in [3.63, 3.8) is 0 Å². The summed E-state index contributed by atoms with van der Waals surface area (Å²) in [5.41, 5.74) is 4.04. The highest BCUT2D eigenvalue weighted by atomic mass is 35.5. The lowest BCUT2D eigenvalue weighted by Gasteiger charge is -2.26. The topological polar surface area (TPSA) is 41.5 Å². The minimum Gasteiger partial charge on any atom is -0.356 e. The number of nitrogens with zero attached hydrogens (tertiary/aromatic N) is 1. The molecule has 0 saturated heterocycles. The molecule has 0 atom stereocenters. The van der Waals surface area contributed by atoms with Crippen molar-refractivity contribution in [2.45, 2.75) is 39.0 Å². The standard InChI is InChI=1S/C26H29ClN2OS/c1-18-7-9-19(10-8-18)16-28-25(30)15-24-26(21-11-13-22(27)14-12-21)29-23(17-31-24)20-5-3-2-4-6-20/h2-6,11-14,18-19H,7-10,15-17H2,1H3,(H,28,30). The van der Waals surface area contributed by atoms with E-state index in [-0.39, 0.29) is 5.91 Å². The van der Waals surface area contributed by atoms with E-state index < -0.39 is 0 Å². The summed E-state index contributed by atoms with van der Waals surface area (Å²) in [6.45, 7) is 3.11. The van der Waals surface area contributed by atoms with Gasteiger partial charge in [-0.05, 0) is 42.4 Å². The second kappa shape index (κ2) is 10.5. The van der Waals surface area contributed by atoms with Crippen LogP contribution in [0.2, 0.25) is 5.02 Å². The van der Waals surface area contributed by atoms with Gasteiger partial charge < -0.3 is 5.32 Å². The molecule has 5 heteroatoms. The molecular weight excluding hydrogens is 424 g/mol. The van der Waals surface area contributed by atoms with Crippen molar-refractivity contribution in [1.82, 2.24) is 5.32 Å². The van der Waals surface area contributed by atoms with E-state index in [4.69, 9.17) is 16.6 Å². The van der Waals surface area contributed by atoms with Gasteiger partial charge in [-0.15, -0.1) is 11.8 Å². The van der Waals surface area contributed by atoms with Crippen LogP contribution in [0.1, 0.15) is 50.2 Å². The molecule has 2 aromatic carbocycles. The van der Waals surface area contributed by atoms with Crippen molar-refractivity contribution < 1.29 is 4.79 Å². The van der Waals surface area contributed by atoms with Gasteiger partial charge in [0, 0.05) is 27.8 Å². The van der Waals surface area contributed by atoms with E-state index in [1.54, 1.807) is 11.8 Å². The molecule has 2 aliphatic rings. The number of amides is 1. The summed E-state index contributed by atoms with van der Waals surface area (Å²) >= 11 is 7.82. The molecule has 0 unspecified atom stereocenters. The molecule has 3 nitrogen and oxygen atoms in total. The van der Waals surface area contributed by atoms with Crippen LogP contribution in [0.4, 0.5) is 0 Å². The van der Waals surface area contributed by atoms with E-state index in [1.165, 1.54) is 25.7 Å². The highest BCUT2D eigenvalue weighted by Crippen LogP contribution is 2.36. The number of carbonyl (C=O) groups excluding carboxylic acids is 1. The van der Waals surface area contributed by atoms with Gasteiger partial charge in [-0.2, -0.15) is 0 Å². The SMILES string of the molecule is CC1CCC(CNC(=O)CC2=C(c3ccc(Cl)cc3)N=C(c3ccccc3)CS2)CC1. The van der Waals surface area contributed by atoms with Crippen LogP contribution in [0.25, 0.3) is 5.70 Å². The third kappa shape index (κ3) is 6.02. The maximum Gasteiger partial charge on any atom is 0.225 e. The molecule has 1 aliphatic heterocycles. The van der Waals surface area contributed by atoms with E-state index in [0.29, 0.717) is 17.4 Å². The first-order valence-corrected chi connectivity index (χ1v) is 12.5. The van der Waals surface area contributed by atoms with Gasteiger partial charge >= 0.3 is 0 Å². The Balaban J connectivity index is 1.51. The number of halogens is 1. The fraction of sp³-hybridized carbons (Fsp3) is 0.385. The molecular formula is C26H29ClN2OS. The average Bonchev–Trinajstić information content (AvgIpc) is 2.80. The molecule has 0 spiro atoms. The van der Waals surface area contributed by atoms with Gasteiger partial charge in [0.15, 0.2) is 0 Å². The summed E-state index contributed by atoms with van der Waals surface area (Å²) in [6, 6.07) is 18.0. The molecule has 1 fully saturated rings. The molecule has 0 radical (unpaired) electrons. The van der Waals surface area contributed by atoms with Gasteiger partial charge in [-0.3, -0.25) is 9.79 Å². The molecule has 1 heterocycles. The van der Waals surface area contributed by atoms with Crippen LogP contribution in [0, 0.1) is 11.8 Å². The second-order valence-electron chi connectivity index (χ2n) is 8.60. The summed E-state index contributed by atoms with van der Waals surface area (Å²) < 4.78 is 0. The molecule has 162 valence electrons. The number of hydrogen-bond acceptors (Lipinski definition) is 3. The summed E-state index contributed by atoms with van der Waals surface area (Å²) in [5, 5.41) is 3.88. The lowest BCUT2D eigenvalue weighted by Crippen LogP contribution is -2.31. The highest BCUT2D eigenvalue weighted by Gasteiger charge is 2.22. The minimum atomic E-state index is 0.0888. The molecule has 31 heavy (non-hydrogen) atoms. The number of nitrogens with one attached hydrogen (secondary N) is 1. The van der Waals surface area contributed by atoms with Crippen molar-refractivity contribution >= 4 is 40.7 Å². The molecule has 2 aromatic rings. The Bertz CT molecular complexity index is 961. The van der Waals surface area contributed by atoms with Crippen LogP contribution < -0.4 is 5.32 Å². The number of benzene rings is 2. The van der Waals surface area contributed by atoms with Gasteiger partial charge in [0.25, 0.3) is 0 Å². The van der Waals surface area contributed by atoms with Crippen molar-refractivity contribution in [2.75, 3.05) is 12.3 Å². The number of rotatable bonds is 6. The van der Waals surface area contributed by atoms with Crippen molar-refractivity contribution in [2.24, 2.45) is 16.8 Å². The highest BCUT2D eigenvalue weighted by molar-refractivity contribution is 8.04. The van der Waals surface area contributed by atoms with Crippen molar-refractivity contribution in [1.29, 1.82) is 0 Å². The van der Waals surface area contributed by atoms with Gasteiger partial charge in [-0.1, -0.05) is 73.8 Å². The van der Waals surface area contributed by atoms with Crippen LogP contribution in [0.5, 0.6) is 0 Å². The molecule has 0 aromatic heterocycles. The van der Waals surface area contributed by atoms with Crippen LogP contribution in [-0.4, -0.2) is 23.9 Å². The van der Waals surface area contributed by atoms with E-state index in [0.717, 1.165) is 45.7 Å². The van der Waals surface area contributed by atoms with E-state index in [1.807, 2.05) is 42.5 Å². The predicted octanol–water partition coefficient (Wildman–Crippen LogP) is 6.58. The zero-order valence-corrected chi connectivity index (χ0v) is 19.5. The first kappa shape index (κ1) is 22.2. The van der Waals surface area contributed by atoms with Crippen molar-refractivity contribution in [3.05, 3.63) is 75.7 Å². The molecule has 1 N–H and O–H groups in total. The quantitative estimate of drug-likeness (QED) is 0.537. The number of aliphatic imine (C=N–C) groups is 1. The molecule has 1 saturated carbocycles. The zero-order chi connectivity index (χ0) is 21.6. The van der Waals surface area contributed by atoms with Gasteiger partial charge in [-0.25, -0.2) is 0 Å². The molecule has 0 bridgehead atoms. The van der Waals surface area contributed by atoms with Crippen LogP contribution in [0.3, 0.4) is 0 Å². The van der Waals surface area contributed by atoms with Crippen LogP contribution in [0.15, 0.2) is 64.5 Å². The number of thioether (sulfide) groups is 1. The van der Waals surface area contributed by atoms with Crippen molar-refractivity contribution in [3.8, 4) is 0 Å². The van der Waals surface area contributed by atoms with E-state index in [2.05, 4.69) is 24.4 Å². The zero-order valence-electron chi connectivity index (χ0n) is 17.9. The maximum atomic E-state index is 12.8.